The molecule has 1 aliphatic rings. The second kappa shape index (κ2) is 11.0. The normalized spacial score (nSPS) is 15.9. The van der Waals surface area contributed by atoms with E-state index in [4.69, 9.17) is 27.9 Å². The van der Waals surface area contributed by atoms with Crippen LogP contribution in [0.2, 0.25) is 10.0 Å². The molecule has 0 saturated carbocycles. The minimum Gasteiger partial charge on any atom is -0.490 e. The molecule has 5 rings (SSSR count). The highest BCUT2D eigenvalue weighted by Crippen LogP contribution is 2.36. The van der Waals surface area contributed by atoms with Crippen LogP contribution in [-0.2, 0) is 11.3 Å². The third-order valence-electron chi connectivity index (χ3n) is 5.97. The minimum atomic E-state index is -0.0973. The van der Waals surface area contributed by atoms with Gasteiger partial charge in [-0.1, -0.05) is 57.3 Å². The van der Waals surface area contributed by atoms with Crippen molar-refractivity contribution in [3.8, 4) is 5.75 Å². The Hall–Kier alpha value is -2.71. The second-order valence-electron chi connectivity index (χ2n) is 8.52. The maximum atomic E-state index is 13.1. The SMILES string of the molecule is Cc1ccc(N=C2SC(=Cc3cn(CCOc4ccccc4Cl)c4ccc(Br)cc34)C(=O)N2C)cc1Cl. The van der Waals surface area contributed by atoms with E-state index in [1.807, 2.05) is 61.7 Å². The highest BCUT2D eigenvalue weighted by molar-refractivity contribution is 9.10. The van der Waals surface area contributed by atoms with E-state index in [0.29, 0.717) is 44.7 Å². The Bertz CT molecular complexity index is 1580. The van der Waals surface area contributed by atoms with Crippen LogP contribution in [0, 0.1) is 6.92 Å². The van der Waals surface area contributed by atoms with Crippen LogP contribution in [0.15, 0.2) is 81.2 Å². The number of benzene rings is 3. The summed E-state index contributed by atoms with van der Waals surface area (Å²) in [5.74, 6) is 0.559. The van der Waals surface area contributed by atoms with Crippen LogP contribution in [-0.4, -0.2) is 34.2 Å². The lowest BCUT2D eigenvalue weighted by Crippen LogP contribution is -2.23. The monoisotopic (exact) mass is 613 g/mol. The highest BCUT2D eigenvalue weighted by atomic mass is 79.9. The topological polar surface area (TPSA) is 46.8 Å². The van der Waals surface area contributed by atoms with Gasteiger partial charge in [-0.25, -0.2) is 4.99 Å². The highest BCUT2D eigenvalue weighted by Gasteiger charge is 2.30. The molecule has 0 atom stereocenters. The molecule has 0 N–H and O–H groups in total. The zero-order valence-electron chi connectivity index (χ0n) is 20.0. The number of likely N-dealkylation sites (N-methyl/N-ethyl adjacent to an activating group) is 1. The van der Waals surface area contributed by atoms with Crippen LogP contribution in [0.25, 0.3) is 17.0 Å². The molecule has 1 amide bonds. The number of aryl methyl sites for hydroxylation is 1. The molecule has 1 aromatic heterocycles. The summed E-state index contributed by atoms with van der Waals surface area (Å²) in [6.07, 6.45) is 3.97. The number of carbonyl (C=O) groups excluding carboxylic acids is 1. The third kappa shape index (κ3) is 5.60. The molecule has 188 valence electrons. The van der Waals surface area contributed by atoms with Crippen LogP contribution in [0.3, 0.4) is 0 Å². The van der Waals surface area contributed by atoms with Crippen molar-refractivity contribution in [1.82, 2.24) is 9.47 Å². The molecule has 0 unspecified atom stereocenters. The summed E-state index contributed by atoms with van der Waals surface area (Å²) < 4.78 is 9.00. The number of hydrogen-bond donors (Lipinski definition) is 0. The lowest BCUT2D eigenvalue weighted by Gasteiger charge is -2.09. The summed E-state index contributed by atoms with van der Waals surface area (Å²) in [4.78, 5) is 19.9. The number of rotatable bonds is 6. The average molecular weight is 615 g/mol. The lowest BCUT2D eigenvalue weighted by molar-refractivity contribution is -0.121. The smallest absolute Gasteiger partial charge is 0.266 e. The van der Waals surface area contributed by atoms with Crippen molar-refractivity contribution in [2.75, 3.05) is 13.7 Å². The van der Waals surface area contributed by atoms with Crippen LogP contribution in [0.1, 0.15) is 11.1 Å². The first kappa shape index (κ1) is 25.9. The molecule has 1 saturated heterocycles. The summed E-state index contributed by atoms with van der Waals surface area (Å²) in [6.45, 7) is 3.01. The van der Waals surface area contributed by atoms with Gasteiger partial charge in [0.1, 0.15) is 12.4 Å². The van der Waals surface area contributed by atoms with Gasteiger partial charge >= 0.3 is 0 Å². The van der Waals surface area contributed by atoms with Crippen LogP contribution in [0.4, 0.5) is 5.69 Å². The largest absolute Gasteiger partial charge is 0.490 e. The van der Waals surface area contributed by atoms with Gasteiger partial charge in [-0.2, -0.15) is 0 Å². The molecule has 2 heterocycles. The van der Waals surface area contributed by atoms with Crippen LogP contribution >= 0.6 is 50.9 Å². The predicted molar refractivity (Wildman–Crippen MR) is 158 cm³/mol. The van der Waals surface area contributed by atoms with Gasteiger partial charge in [0.25, 0.3) is 5.91 Å². The standard InChI is InChI=1S/C28H22BrCl2N3O2S/c1-17-7-9-20(15-23(17)31)32-28-33(2)27(35)26(37-28)13-18-16-34(24-10-8-19(29)14-21(18)24)11-12-36-25-6-4-3-5-22(25)30/h3-10,13-16H,11-12H2,1-2H3. The number of thioether (sulfide) groups is 1. The van der Waals surface area contributed by atoms with Crippen LogP contribution < -0.4 is 4.74 Å². The van der Waals surface area contributed by atoms with Crippen molar-refractivity contribution in [2.24, 2.45) is 4.99 Å². The van der Waals surface area contributed by atoms with E-state index < -0.39 is 0 Å². The molecule has 0 radical (unpaired) electrons. The number of carbonyl (C=O) groups is 1. The summed E-state index contributed by atoms with van der Waals surface area (Å²) in [5, 5.41) is 2.87. The Morgan fingerprint density at radius 3 is 2.68 bits per heavy atom. The van der Waals surface area contributed by atoms with E-state index in [9.17, 15) is 4.79 Å². The Kier molecular flexibility index (Phi) is 7.67. The van der Waals surface area contributed by atoms with Gasteiger partial charge in [0.15, 0.2) is 5.17 Å². The molecule has 9 heteroatoms. The minimum absolute atomic E-state index is 0.0973. The number of aromatic nitrogens is 1. The zero-order valence-corrected chi connectivity index (χ0v) is 24.0. The fourth-order valence-electron chi connectivity index (χ4n) is 3.97. The van der Waals surface area contributed by atoms with Crippen molar-refractivity contribution < 1.29 is 9.53 Å². The number of para-hydroxylation sites is 1. The summed E-state index contributed by atoms with van der Waals surface area (Å²) >= 11 is 17.4. The van der Waals surface area contributed by atoms with Crippen LogP contribution in [0.5, 0.6) is 5.75 Å². The molecule has 0 aliphatic carbocycles. The predicted octanol–water partition coefficient (Wildman–Crippen LogP) is 8.33. The molecule has 0 bridgehead atoms. The Morgan fingerprint density at radius 1 is 1.08 bits per heavy atom. The van der Waals surface area contributed by atoms with E-state index in [0.717, 1.165) is 26.5 Å². The number of nitrogens with zero attached hydrogens (tertiary/aromatic N) is 3. The van der Waals surface area contributed by atoms with Gasteiger partial charge in [0.05, 0.1) is 22.2 Å². The summed E-state index contributed by atoms with van der Waals surface area (Å²) in [7, 11) is 1.73. The first-order valence-corrected chi connectivity index (χ1v) is 13.8. The van der Waals surface area contributed by atoms with Gasteiger partial charge in [-0.3, -0.25) is 9.69 Å². The fraction of sp³-hybridized carbons (Fsp3) is 0.143. The van der Waals surface area contributed by atoms with Crippen molar-refractivity contribution in [2.45, 2.75) is 13.5 Å². The van der Waals surface area contributed by atoms with Gasteiger partial charge in [0, 0.05) is 39.2 Å². The average Bonchev–Trinajstić information content (AvgIpc) is 3.34. The van der Waals surface area contributed by atoms with Crippen molar-refractivity contribution in [3.63, 3.8) is 0 Å². The second-order valence-corrected chi connectivity index (χ2v) is 11.3. The fourth-order valence-corrected chi connectivity index (χ4v) is 5.67. The quantitative estimate of drug-likeness (QED) is 0.205. The van der Waals surface area contributed by atoms with E-state index in [-0.39, 0.29) is 5.91 Å². The third-order valence-corrected chi connectivity index (χ3v) is 8.24. The molecular formula is C28H22BrCl2N3O2S. The summed E-state index contributed by atoms with van der Waals surface area (Å²) in [5.41, 5.74) is 3.68. The Morgan fingerprint density at radius 2 is 1.89 bits per heavy atom. The van der Waals surface area contributed by atoms with E-state index in [1.165, 1.54) is 11.8 Å². The molecule has 4 aromatic rings. The summed E-state index contributed by atoms with van der Waals surface area (Å²) in [6, 6.07) is 19.2. The number of amides is 1. The number of amidine groups is 1. The number of ether oxygens (including phenoxy) is 1. The van der Waals surface area contributed by atoms with Crippen molar-refractivity contribution in [1.29, 1.82) is 0 Å². The molecule has 1 aliphatic heterocycles. The van der Waals surface area contributed by atoms with Gasteiger partial charge in [-0.05, 0) is 72.8 Å². The number of halogens is 3. The van der Waals surface area contributed by atoms with Crippen molar-refractivity contribution >= 4 is 84.6 Å². The maximum absolute atomic E-state index is 13.1. The number of aliphatic imine (C=N–C) groups is 1. The first-order chi connectivity index (χ1) is 17.8. The van der Waals surface area contributed by atoms with E-state index in [2.05, 4.69) is 37.6 Å². The molecule has 1 fully saturated rings. The number of hydrogen-bond acceptors (Lipinski definition) is 4. The van der Waals surface area contributed by atoms with E-state index >= 15 is 0 Å². The molecule has 3 aromatic carbocycles. The Labute approximate surface area is 237 Å². The van der Waals surface area contributed by atoms with Crippen molar-refractivity contribution in [3.05, 3.63) is 97.4 Å². The van der Waals surface area contributed by atoms with Gasteiger partial charge in [-0.15, -0.1) is 0 Å². The Balaban J connectivity index is 1.43. The first-order valence-electron chi connectivity index (χ1n) is 11.5. The maximum Gasteiger partial charge on any atom is 0.266 e. The molecule has 5 nitrogen and oxygen atoms in total. The van der Waals surface area contributed by atoms with Gasteiger partial charge < -0.3 is 9.30 Å². The molecule has 37 heavy (non-hydrogen) atoms. The molecule has 0 spiro atoms. The lowest BCUT2D eigenvalue weighted by atomic mass is 10.1. The molecular weight excluding hydrogens is 593 g/mol. The zero-order chi connectivity index (χ0) is 26.1. The van der Waals surface area contributed by atoms with E-state index in [1.54, 1.807) is 18.0 Å². The number of fused-ring (bicyclic) bond motifs is 1. The van der Waals surface area contributed by atoms with Gasteiger partial charge in [0.2, 0.25) is 0 Å².